The van der Waals surface area contributed by atoms with Crippen LogP contribution in [0.5, 0.6) is 0 Å². The molecule has 0 radical (unpaired) electrons. The van der Waals surface area contributed by atoms with Crippen molar-refractivity contribution < 1.29 is 4.79 Å². The largest absolute Gasteiger partial charge is 0.351 e. The number of hydrogen-bond donors (Lipinski definition) is 1. The summed E-state index contributed by atoms with van der Waals surface area (Å²) >= 11 is 10.2. The summed E-state index contributed by atoms with van der Waals surface area (Å²) in [4.78, 5) is 11.9. The molecule has 2 nitrogen and oxygen atoms in total. The van der Waals surface area contributed by atoms with E-state index in [1.807, 2.05) is 17.8 Å². The lowest BCUT2D eigenvalue weighted by atomic mass is 10.2. The molecule has 1 amide bonds. The second-order valence-electron chi connectivity index (χ2n) is 3.58. The molecule has 88 valence electrons. The van der Waals surface area contributed by atoms with E-state index in [2.05, 4.69) is 37.2 Å². The van der Waals surface area contributed by atoms with Gasteiger partial charge in [0.25, 0.3) is 5.91 Å². The lowest BCUT2D eigenvalue weighted by Crippen LogP contribution is -2.29. The van der Waals surface area contributed by atoms with Crippen LogP contribution in [0.2, 0.25) is 0 Å². The van der Waals surface area contributed by atoms with E-state index in [9.17, 15) is 4.79 Å². The number of carbonyl (C=O) groups is 1. The summed E-state index contributed by atoms with van der Waals surface area (Å²) in [5.41, 5.74) is 0.722. The second-order valence-corrected chi connectivity index (χ2v) is 8.74. The number of hydrogen-bond acceptors (Lipinski definition) is 3. The molecule has 0 saturated carbocycles. The lowest BCUT2D eigenvalue weighted by molar-refractivity contribution is 0.0953. The summed E-state index contributed by atoms with van der Waals surface area (Å²) in [6, 6.07) is 1.85. The Bertz CT molecular complexity index is 388. The van der Waals surface area contributed by atoms with E-state index in [1.54, 1.807) is 0 Å². The van der Waals surface area contributed by atoms with Crippen molar-refractivity contribution >= 4 is 60.9 Å². The van der Waals surface area contributed by atoms with Gasteiger partial charge in [-0.25, -0.2) is 0 Å². The first-order valence-corrected chi connectivity index (χ1v) is 8.46. The van der Waals surface area contributed by atoms with Crippen molar-refractivity contribution in [2.75, 3.05) is 12.3 Å². The number of nitrogens with one attached hydrogen (secondary N) is 1. The van der Waals surface area contributed by atoms with Gasteiger partial charge in [0.2, 0.25) is 0 Å². The number of halogens is 2. The molecule has 1 aliphatic rings. The molecule has 1 aromatic rings. The predicted octanol–water partition coefficient (Wildman–Crippen LogP) is 3.90. The topological polar surface area (TPSA) is 29.1 Å². The molecule has 2 heterocycles. The Morgan fingerprint density at radius 1 is 1.56 bits per heavy atom. The van der Waals surface area contributed by atoms with Crippen LogP contribution in [0.15, 0.2) is 13.6 Å². The van der Waals surface area contributed by atoms with Crippen molar-refractivity contribution in [3.05, 3.63) is 19.2 Å². The third-order valence-corrected chi connectivity index (χ3v) is 6.15. The Morgan fingerprint density at radius 2 is 2.38 bits per heavy atom. The molecule has 2 rings (SSSR count). The third-order valence-electron chi connectivity index (χ3n) is 2.42. The van der Waals surface area contributed by atoms with Crippen LogP contribution >= 0.6 is 55.0 Å². The first-order valence-electron chi connectivity index (χ1n) is 5.01. The summed E-state index contributed by atoms with van der Waals surface area (Å²) in [6.07, 6.45) is 2.50. The minimum Gasteiger partial charge on any atom is -0.351 e. The van der Waals surface area contributed by atoms with Gasteiger partial charge in [0.05, 0.1) is 13.1 Å². The van der Waals surface area contributed by atoms with Crippen molar-refractivity contribution in [3.63, 3.8) is 0 Å². The molecular weight excluding hydrogens is 374 g/mol. The minimum absolute atomic E-state index is 0.0151. The minimum atomic E-state index is 0.0151. The summed E-state index contributed by atoms with van der Waals surface area (Å²) in [5, 5.41) is 3.59. The van der Waals surface area contributed by atoms with Crippen LogP contribution in [-0.2, 0) is 0 Å². The lowest BCUT2D eigenvalue weighted by Gasteiger charge is -2.09. The summed E-state index contributed by atoms with van der Waals surface area (Å²) in [7, 11) is 0. The first kappa shape index (κ1) is 12.9. The molecule has 16 heavy (non-hydrogen) atoms. The van der Waals surface area contributed by atoms with Gasteiger partial charge in [0, 0.05) is 11.8 Å². The van der Waals surface area contributed by atoms with E-state index in [0.717, 1.165) is 19.7 Å². The van der Waals surface area contributed by atoms with Gasteiger partial charge in [0.1, 0.15) is 0 Å². The van der Waals surface area contributed by atoms with E-state index >= 15 is 0 Å². The van der Waals surface area contributed by atoms with E-state index in [0.29, 0.717) is 5.25 Å². The van der Waals surface area contributed by atoms with E-state index in [-0.39, 0.29) is 5.91 Å². The zero-order chi connectivity index (χ0) is 11.5. The molecule has 1 atom stereocenters. The Balaban J connectivity index is 1.90. The first-order chi connectivity index (χ1) is 7.66. The number of carbonyl (C=O) groups excluding carboxylic acids is 1. The Labute approximate surface area is 120 Å². The summed E-state index contributed by atoms with van der Waals surface area (Å²) < 4.78 is 1.86. The van der Waals surface area contributed by atoms with Crippen molar-refractivity contribution in [2.45, 2.75) is 18.1 Å². The molecule has 1 aromatic heterocycles. The predicted molar refractivity (Wildman–Crippen MR) is 77.5 cm³/mol. The number of thioether (sulfide) groups is 1. The Hall–Kier alpha value is 0.480. The van der Waals surface area contributed by atoms with Crippen LogP contribution in [-0.4, -0.2) is 23.5 Å². The Kier molecular flexibility index (Phi) is 4.76. The van der Waals surface area contributed by atoms with E-state index < -0.39 is 0 Å². The quantitative estimate of drug-likeness (QED) is 0.856. The van der Waals surface area contributed by atoms with Gasteiger partial charge < -0.3 is 5.32 Å². The highest BCUT2D eigenvalue weighted by Gasteiger charge is 2.18. The molecular formula is C10H11Br2NOS2. The van der Waals surface area contributed by atoms with Gasteiger partial charge in [-0.15, -0.1) is 11.3 Å². The normalized spacial score (nSPS) is 20.0. The third kappa shape index (κ3) is 3.24. The van der Waals surface area contributed by atoms with Crippen molar-refractivity contribution in [3.8, 4) is 0 Å². The van der Waals surface area contributed by atoms with Crippen LogP contribution in [0.1, 0.15) is 23.2 Å². The molecule has 0 spiro atoms. The fourth-order valence-corrected chi connectivity index (χ4v) is 5.60. The van der Waals surface area contributed by atoms with Crippen LogP contribution in [0.25, 0.3) is 0 Å². The maximum atomic E-state index is 11.9. The van der Waals surface area contributed by atoms with Crippen LogP contribution in [0.4, 0.5) is 0 Å². The molecule has 1 aliphatic heterocycles. The molecule has 1 saturated heterocycles. The molecule has 0 aromatic carbocycles. The highest BCUT2D eigenvalue weighted by atomic mass is 79.9. The fraction of sp³-hybridized carbons (Fsp3) is 0.500. The molecule has 1 fully saturated rings. The average Bonchev–Trinajstić information content (AvgIpc) is 2.84. The smallest absolute Gasteiger partial charge is 0.253 e. The van der Waals surface area contributed by atoms with E-state index in [4.69, 9.17) is 0 Å². The monoisotopic (exact) mass is 383 g/mol. The van der Waals surface area contributed by atoms with Crippen LogP contribution in [0.3, 0.4) is 0 Å². The number of amides is 1. The van der Waals surface area contributed by atoms with Crippen molar-refractivity contribution in [2.24, 2.45) is 0 Å². The van der Waals surface area contributed by atoms with Crippen molar-refractivity contribution in [1.29, 1.82) is 0 Å². The van der Waals surface area contributed by atoms with E-state index in [1.165, 1.54) is 29.9 Å². The standard InChI is InChI=1S/C10H11Br2NOS2/c11-8-4-7(9(12)16-8)10(14)13-5-6-2-1-3-15-6/h4,6H,1-3,5H2,(H,13,14). The second kappa shape index (κ2) is 5.89. The average molecular weight is 385 g/mol. The summed E-state index contributed by atoms with van der Waals surface area (Å²) in [6.45, 7) is 0.781. The van der Waals surface area contributed by atoms with Crippen molar-refractivity contribution in [1.82, 2.24) is 5.32 Å². The van der Waals surface area contributed by atoms with Gasteiger partial charge >= 0.3 is 0 Å². The van der Waals surface area contributed by atoms with Gasteiger partial charge in [-0.1, -0.05) is 0 Å². The van der Waals surface area contributed by atoms with Gasteiger partial charge in [-0.05, 0) is 56.5 Å². The summed E-state index contributed by atoms with van der Waals surface area (Å²) in [5.74, 6) is 1.25. The highest BCUT2D eigenvalue weighted by Crippen LogP contribution is 2.32. The van der Waals surface area contributed by atoms with Gasteiger partial charge in [-0.2, -0.15) is 11.8 Å². The number of thiophene rings is 1. The SMILES string of the molecule is O=C(NCC1CCCS1)c1cc(Br)sc1Br. The van der Waals surface area contributed by atoms with Gasteiger partial charge in [-0.3, -0.25) is 4.79 Å². The fourth-order valence-electron chi connectivity index (χ4n) is 1.60. The molecule has 0 bridgehead atoms. The highest BCUT2D eigenvalue weighted by molar-refractivity contribution is 9.12. The Morgan fingerprint density at radius 3 is 2.94 bits per heavy atom. The molecule has 6 heteroatoms. The zero-order valence-electron chi connectivity index (χ0n) is 8.46. The number of rotatable bonds is 3. The molecule has 1 unspecified atom stereocenters. The molecule has 1 N–H and O–H groups in total. The maximum absolute atomic E-state index is 11.9. The maximum Gasteiger partial charge on any atom is 0.253 e. The van der Waals surface area contributed by atoms with Crippen LogP contribution < -0.4 is 5.32 Å². The molecule has 0 aliphatic carbocycles. The van der Waals surface area contributed by atoms with Crippen LogP contribution in [0, 0.1) is 0 Å². The van der Waals surface area contributed by atoms with Gasteiger partial charge in [0.15, 0.2) is 0 Å². The zero-order valence-corrected chi connectivity index (χ0v) is 13.3.